The molecule has 0 radical (unpaired) electrons. The number of Topliss-reactive ketones (excluding diaryl/α,β-unsaturated/α-hetero) is 1. The second kappa shape index (κ2) is 11.1. The lowest BCUT2D eigenvalue weighted by Gasteiger charge is -2.22. The van der Waals surface area contributed by atoms with Gasteiger partial charge in [0.2, 0.25) is 5.13 Å². The molecule has 0 bridgehead atoms. The molecule has 1 aliphatic rings. The molecule has 1 fully saturated rings. The van der Waals surface area contributed by atoms with E-state index in [-0.39, 0.29) is 16.5 Å². The molecule has 1 N–H and O–H groups in total. The summed E-state index contributed by atoms with van der Waals surface area (Å²) in [4.78, 5) is 33.2. The number of benzene rings is 3. The molecule has 0 saturated carbocycles. The topological polar surface area (TPSA) is 101 Å². The Balaban J connectivity index is 1.29. The molecule has 1 amide bonds. The van der Waals surface area contributed by atoms with E-state index in [0.717, 1.165) is 15.4 Å². The van der Waals surface area contributed by atoms with Crippen molar-refractivity contribution in [1.29, 1.82) is 0 Å². The second-order valence-corrected chi connectivity index (χ2v) is 13.1. The third kappa shape index (κ3) is 4.83. The first-order chi connectivity index (χ1) is 20.9. The number of ketones is 1. The van der Waals surface area contributed by atoms with E-state index in [4.69, 9.17) is 0 Å². The number of carbonyl (C=O) groups excluding carboxylic acids is 2. The number of halogens is 1. The number of hydrogen-bond acceptors (Lipinski definition) is 8. The molecule has 43 heavy (non-hydrogen) atoms. The van der Waals surface area contributed by atoms with Crippen LogP contribution in [-0.2, 0) is 15.3 Å². The smallest absolute Gasteiger partial charge is 0.301 e. The lowest BCUT2D eigenvalue weighted by molar-refractivity contribution is -0.132. The van der Waals surface area contributed by atoms with Crippen LogP contribution >= 0.6 is 39.0 Å². The van der Waals surface area contributed by atoms with Gasteiger partial charge in [-0.1, -0.05) is 99.7 Å². The van der Waals surface area contributed by atoms with Crippen LogP contribution < -0.4 is 4.90 Å². The van der Waals surface area contributed by atoms with Gasteiger partial charge in [-0.2, -0.15) is 0 Å². The average Bonchev–Trinajstić information content (AvgIpc) is 3.69. The highest BCUT2D eigenvalue weighted by Crippen LogP contribution is 2.45. The van der Waals surface area contributed by atoms with E-state index in [9.17, 15) is 14.7 Å². The Morgan fingerprint density at radius 3 is 2.65 bits per heavy atom. The number of hydrogen-bond donors (Lipinski definition) is 1. The number of aliphatic hydroxyl groups excluding tert-OH is 1. The molecule has 6 aromatic rings. The summed E-state index contributed by atoms with van der Waals surface area (Å²) in [7, 11) is 0. The van der Waals surface area contributed by atoms with Gasteiger partial charge in [0.05, 0.1) is 17.3 Å². The standard InChI is InChI=1S/C32H22BrN5O3S2/c1-18-26(37-15-5-4-14-24(37)34-18)28(39)25-27(20-10-7-12-22(33)16-20)38(30(41)29(25)40)31-35-36-32(43-31)42-17-21-11-6-9-19-8-2-3-13-23(19)21/h2-16,27,39H,17H2,1H3. The third-order valence-corrected chi connectivity index (χ3v) is 9.97. The van der Waals surface area contributed by atoms with Crippen LogP contribution in [0.3, 0.4) is 0 Å². The van der Waals surface area contributed by atoms with Crippen LogP contribution in [-0.4, -0.2) is 36.4 Å². The number of aryl methyl sites for hydroxylation is 1. The van der Waals surface area contributed by atoms with Crippen LogP contribution in [0, 0.1) is 6.92 Å². The molecule has 1 saturated heterocycles. The molecule has 0 spiro atoms. The lowest BCUT2D eigenvalue weighted by Crippen LogP contribution is -2.29. The summed E-state index contributed by atoms with van der Waals surface area (Å²) in [6, 6.07) is 26.3. The number of fused-ring (bicyclic) bond motifs is 2. The predicted octanol–water partition coefficient (Wildman–Crippen LogP) is 7.33. The zero-order chi connectivity index (χ0) is 29.7. The first-order valence-corrected chi connectivity index (χ1v) is 15.9. The first-order valence-electron chi connectivity index (χ1n) is 13.3. The molecule has 0 aliphatic carbocycles. The molecular weight excluding hydrogens is 646 g/mol. The van der Waals surface area contributed by atoms with E-state index in [1.807, 2.05) is 60.7 Å². The van der Waals surface area contributed by atoms with E-state index in [1.165, 1.54) is 33.4 Å². The Bertz CT molecular complexity index is 2100. The van der Waals surface area contributed by atoms with Gasteiger partial charge in [0.25, 0.3) is 5.78 Å². The fourth-order valence-electron chi connectivity index (χ4n) is 5.46. The van der Waals surface area contributed by atoms with Crippen molar-refractivity contribution >= 4 is 78.0 Å². The third-order valence-electron chi connectivity index (χ3n) is 7.37. The van der Waals surface area contributed by atoms with E-state index < -0.39 is 17.7 Å². The lowest BCUT2D eigenvalue weighted by atomic mass is 9.96. The van der Waals surface area contributed by atoms with Crippen LogP contribution in [0.25, 0.3) is 22.2 Å². The highest BCUT2D eigenvalue weighted by molar-refractivity contribution is 9.10. The van der Waals surface area contributed by atoms with Crippen molar-refractivity contribution in [2.24, 2.45) is 0 Å². The van der Waals surface area contributed by atoms with Gasteiger partial charge in [0.15, 0.2) is 10.1 Å². The van der Waals surface area contributed by atoms with Crippen LogP contribution in [0.4, 0.5) is 5.13 Å². The molecule has 8 nitrogen and oxygen atoms in total. The maximum atomic E-state index is 13.7. The summed E-state index contributed by atoms with van der Waals surface area (Å²) >= 11 is 6.27. The maximum absolute atomic E-state index is 13.7. The number of nitrogens with zero attached hydrogens (tertiary/aromatic N) is 5. The monoisotopic (exact) mass is 667 g/mol. The number of aliphatic hydroxyl groups is 1. The number of rotatable bonds is 6. The number of amides is 1. The number of pyridine rings is 1. The fourth-order valence-corrected chi connectivity index (χ4v) is 7.75. The SMILES string of the molecule is Cc1nc2ccccn2c1C(O)=C1C(=O)C(=O)N(c2nnc(SCc3cccc4ccccc34)s2)C1c1cccc(Br)c1. The first kappa shape index (κ1) is 27.5. The average molecular weight is 669 g/mol. The van der Waals surface area contributed by atoms with Crippen LogP contribution in [0.2, 0.25) is 0 Å². The summed E-state index contributed by atoms with van der Waals surface area (Å²) in [6.45, 7) is 1.76. The molecule has 4 heterocycles. The van der Waals surface area contributed by atoms with Crippen molar-refractivity contribution in [2.45, 2.75) is 23.1 Å². The highest BCUT2D eigenvalue weighted by atomic mass is 79.9. The van der Waals surface area contributed by atoms with E-state index in [1.54, 1.807) is 17.5 Å². The molecule has 3 aromatic heterocycles. The van der Waals surface area contributed by atoms with E-state index >= 15 is 0 Å². The van der Waals surface area contributed by atoms with Gasteiger partial charge in [0.1, 0.15) is 11.3 Å². The summed E-state index contributed by atoms with van der Waals surface area (Å²) in [5.74, 6) is -1.21. The van der Waals surface area contributed by atoms with Crippen LogP contribution in [0.15, 0.2) is 106 Å². The maximum Gasteiger partial charge on any atom is 0.301 e. The Kier molecular flexibility index (Phi) is 7.08. The van der Waals surface area contributed by atoms with Gasteiger partial charge in [0, 0.05) is 16.4 Å². The number of aromatic nitrogens is 4. The summed E-state index contributed by atoms with van der Waals surface area (Å²) in [5, 5.41) is 23.0. The molecule has 1 unspecified atom stereocenters. The minimum absolute atomic E-state index is 0.0305. The van der Waals surface area contributed by atoms with Crippen LogP contribution in [0.1, 0.15) is 28.6 Å². The van der Waals surface area contributed by atoms with Crippen molar-refractivity contribution < 1.29 is 14.7 Å². The van der Waals surface area contributed by atoms with Crippen LogP contribution in [0.5, 0.6) is 0 Å². The van der Waals surface area contributed by atoms with Crippen molar-refractivity contribution in [3.8, 4) is 0 Å². The Morgan fingerprint density at radius 1 is 1.00 bits per heavy atom. The van der Waals surface area contributed by atoms with Crippen molar-refractivity contribution in [3.05, 3.63) is 124 Å². The molecule has 11 heteroatoms. The minimum atomic E-state index is -0.921. The van der Waals surface area contributed by atoms with Gasteiger partial charge in [-0.3, -0.25) is 18.9 Å². The number of thioether (sulfide) groups is 1. The largest absolute Gasteiger partial charge is 0.505 e. The molecular formula is C32H22BrN5O3S2. The number of imidazole rings is 1. The van der Waals surface area contributed by atoms with Gasteiger partial charge in [-0.25, -0.2) is 4.98 Å². The highest BCUT2D eigenvalue weighted by Gasteiger charge is 2.49. The Labute approximate surface area is 262 Å². The predicted molar refractivity (Wildman–Crippen MR) is 172 cm³/mol. The fraction of sp³-hybridized carbons (Fsp3) is 0.0938. The van der Waals surface area contributed by atoms with E-state index in [0.29, 0.717) is 32.7 Å². The summed E-state index contributed by atoms with van der Waals surface area (Å²) in [5.41, 5.74) is 3.28. The van der Waals surface area contributed by atoms with Gasteiger partial charge in [-0.05, 0) is 53.1 Å². The molecule has 1 aliphatic heterocycles. The zero-order valence-corrected chi connectivity index (χ0v) is 25.9. The van der Waals surface area contributed by atoms with Gasteiger partial charge >= 0.3 is 5.91 Å². The van der Waals surface area contributed by atoms with Crippen molar-refractivity contribution in [3.63, 3.8) is 0 Å². The molecule has 3 aromatic carbocycles. The second-order valence-electron chi connectivity index (χ2n) is 9.98. The molecule has 212 valence electrons. The summed E-state index contributed by atoms with van der Waals surface area (Å²) in [6.07, 6.45) is 1.76. The molecule has 7 rings (SSSR count). The van der Waals surface area contributed by atoms with E-state index in [2.05, 4.69) is 55.4 Å². The summed E-state index contributed by atoms with van der Waals surface area (Å²) < 4.78 is 3.14. The Hall–Kier alpha value is -4.32. The van der Waals surface area contributed by atoms with Crippen molar-refractivity contribution in [1.82, 2.24) is 19.6 Å². The molecule has 1 atom stereocenters. The minimum Gasteiger partial charge on any atom is -0.505 e. The zero-order valence-electron chi connectivity index (χ0n) is 22.6. The number of anilines is 1. The van der Waals surface area contributed by atoms with Gasteiger partial charge < -0.3 is 5.11 Å². The quantitative estimate of drug-likeness (QED) is 0.0653. The normalized spacial score (nSPS) is 16.5. The van der Waals surface area contributed by atoms with Crippen molar-refractivity contribution in [2.75, 3.05) is 4.90 Å². The van der Waals surface area contributed by atoms with Gasteiger partial charge in [-0.15, -0.1) is 10.2 Å². The number of carbonyl (C=O) groups is 2. The Morgan fingerprint density at radius 2 is 1.79 bits per heavy atom.